The lowest BCUT2D eigenvalue weighted by Gasteiger charge is -2.46. The molecule has 0 aromatic carbocycles. The molecule has 2 N–H and O–H groups in total. The second-order valence-corrected chi connectivity index (χ2v) is 8.03. The molecule has 2 aromatic rings. The number of aromatic nitrogens is 4. The third kappa shape index (κ3) is 2.66. The smallest absolute Gasteiger partial charge is 0.226 e. The first-order chi connectivity index (χ1) is 13.1. The van der Waals surface area contributed by atoms with Gasteiger partial charge in [0.25, 0.3) is 0 Å². The van der Waals surface area contributed by atoms with Crippen molar-refractivity contribution in [3.63, 3.8) is 0 Å². The van der Waals surface area contributed by atoms with Crippen LogP contribution in [-0.2, 0) is 4.74 Å². The Hall–Kier alpha value is -1.74. The molecule has 2 bridgehead atoms. The fourth-order valence-electron chi connectivity index (χ4n) is 4.67. The summed E-state index contributed by atoms with van der Waals surface area (Å²) in [6.45, 7) is 4.55. The Morgan fingerprint density at radius 2 is 2.04 bits per heavy atom. The quantitative estimate of drug-likeness (QED) is 0.606. The highest BCUT2D eigenvalue weighted by Crippen LogP contribution is 2.40. The van der Waals surface area contributed by atoms with E-state index in [9.17, 15) is 10.2 Å². The number of hydrogen-bond donors (Lipinski definition) is 2. The number of halogens is 1. The third-order valence-corrected chi connectivity index (χ3v) is 6.33. The van der Waals surface area contributed by atoms with Crippen molar-refractivity contribution in [3.8, 4) is 0 Å². The molecule has 1 aliphatic carbocycles. The van der Waals surface area contributed by atoms with E-state index in [0.717, 1.165) is 17.7 Å². The summed E-state index contributed by atoms with van der Waals surface area (Å²) >= 11 is 6.25. The van der Waals surface area contributed by atoms with Crippen LogP contribution < -0.4 is 4.90 Å². The molecule has 4 fully saturated rings. The molecule has 3 saturated heterocycles. The summed E-state index contributed by atoms with van der Waals surface area (Å²) in [5, 5.41) is 25.2. The number of hydrogen-bond acceptors (Lipinski definition) is 7. The lowest BCUT2D eigenvalue weighted by atomic mass is 9.80. The summed E-state index contributed by atoms with van der Waals surface area (Å²) in [4.78, 5) is 11.2. The molecule has 6 rings (SSSR count). The van der Waals surface area contributed by atoms with Crippen molar-refractivity contribution in [1.29, 1.82) is 0 Å². The van der Waals surface area contributed by atoms with E-state index in [4.69, 9.17) is 16.3 Å². The molecule has 0 amide bonds. The van der Waals surface area contributed by atoms with E-state index >= 15 is 0 Å². The highest BCUT2D eigenvalue weighted by molar-refractivity contribution is 6.28. The summed E-state index contributed by atoms with van der Waals surface area (Å²) in [6, 6.07) is 0.472. The maximum atomic E-state index is 10.5. The molecule has 4 aliphatic rings. The average Bonchev–Trinajstić information content (AvgIpc) is 3.23. The van der Waals surface area contributed by atoms with E-state index in [0.29, 0.717) is 23.2 Å². The zero-order chi connectivity index (χ0) is 18.7. The maximum Gasteiger partial charge on any atom is 0.226 e. The van der Waals surface area contributed by atoms with Gasteiger partial charge in [-0.2, -0.15) is 15.1 Å². The minimum Gasteiger partial charge on any atom is -0.393 e. The second kappa shape index (κ2) is 6.41. The van der Waals surface area contributed by atoms with Crippen molar-refractivity contribution in [1.82, 2.24) is 19.7 Å². The van der Waals surface area contributed by atoms with Crippen molar-refractivity contribution < 1.29 is 14.9 Å². The Balaban J connectivity index is 1.57. The largest absolute Gasteiger partial charge is 0.393 e. The molecule has 0 unspecified atom stereocenters. The Morgan fingerprint density at radius 3 is 2.67 bits per heavy atom. The van der Waals surface area contributed by atoms with Gasteiger partial charge in [0.05, 0.1) is 18.2 Å². The van der Waals surface area contributed by atoms with E-state index in [1.807, 2.05) is 0 Å². The average molecular weight is 392 g/mol. The van der Waals surface area contributed by atoms with Gasteiger partial charge in [-0.25, -0.2) is 4.68 Å². The van der Waals surface area contributed by atoms with Crippen LogP contribution in [0.1, 0.15) is 31.9 Å². The molecule has 144 valence electrons. The van der Waals surface area contributed by atoms with Gasteiger partial charge >= 0.3 is 0 Å². The van der Waals surface area contributed by atoms with Crippen LogP contribution in [0.15, 0.2) is 18.3 Å². The van der Waals surface area contributed by atoms with Gasteiger partial charge in [0.15, 0.2) is 11.9 Å². The van der Waals surface area contributed by atoms with Crippen molar-refractivity contribution in [2.24, 2.45) is 5.92 Å². The van der Waals surface area contributed by atoms with E-state index < -0.39 is 18.4 Å². The van der Waals surface area contributed by atoms with E-state index in [-0.39, 0.29) is 11.9 Å². The van der Waals surface area contributed by atoms with E-state index in [2.05, 4.69) is 26.5 Å². The minimum absolute atomic E-state index is 0.144. The predicted molar refractivity (Wildman–Crippen MR) is 99.6 cm³/mol. The molecule has 5 heterocycles. The summed E-state index contributed by atoms with van der Waals surface area (Å²) in [5.74, 6) is 1.50. The zero-order valence-corrected chi connectivity index (χ0v) is 15.6. The van der Waals surface area contributed by atoms with Crippen molar-refractivity contribution in [2.75, 3.05) is 18.1 Å². The summed E-state index contributed by atoms with van der Waals surface area (Å²) in [6.07, 6.45) is 4.18. The predicted octanol–water partition coefficient (Wildman–Crippen LogP) is 1.67. The van der Waals surface area contributed by atoms with Gasteiger partial charge in [-0.3, -0.25) is 0 Å². The molecule has 0 spiro atoms. The van der Waals surface area contributed by atoms with Crippen LogP contribution >= 0.6 is 11.6 Å². The number of ether oxygens (including phenoxy) is 1. The fraction of sp³-hybridized carbons (Fsp3) is 0.611. The van der Waals surface area contributed by atoms with Gasteiger partial charge < -0.3 is 19.8 Å². The Bertz CT molecular complexity index is 894. The Morgan fingerprint density at radius 1 is 1.26 bits per heavy atom. The van der Waals surface area contributed by atoms with Crippen LogP contribution in [0.5, 0.6) is 0 Å². The lowest BCUT2D eigenvalue weighted by molar-refractivity contribution is -0.0545. The number of fused-ring (bicyclic) bond motifs is 4. The molecule has 3 atom stereocenters. The molecule has 1 saturated carbocycles. The molecule has 0 radical (unpaired) electrons. The van der Waals surface area contributed by atoms with Crippen molar-refractivity contribution in [2.45, 2.75) is 50.2 Å². The number of aliphatic hydroxyl groups excluding tert-OH is 2. The van der Waals surface area contributed by atoms with Crippen LogP contribution in [0.2, 0.25) is 5.28 Å². The van der Waals surface area contributed by atoms with Crippen molar-refractivity contribution in [3.05, 3.63) is 23.6 Å². The maximum absolute atomic E-state index is 10.5. The van der Waals surface area contributed by atoms with Gasteiger partial charge in [-0.1, -0.05) is 6.58 Å². The minimum atomic E-state index is -0.978. The van der Waals surface area contributed by atoms with Crippen LogP contribution in [0.3, 0.4) is 0 Å². The third-order valence-electron chi connectivity index (χ3n) is 6.16. The molecule has 3 aliphatic heterocycles. The number of rotatable bonds is 3. The van der Waals surface area contributed by atoms with E-state index in [1.165, 1.54) is 30.4 Å². The SMILES string of the molecule is C=C1[C@@H](O)[C@H](n2ncc3c(N4CC5CCC4CC5)nc(Cl)nc32)O[C@@H]1CO. The number of nitrogens with zero attached hydrogens (tertiary/aromatic N) is 5. The van der Waals surface area contributed by atoms with Gasteiger partial charge in [0, 0.05) is 12.6 Å². The molecule has 9 heteroatoms. The molecule has 8 nitrogen and oxygen atoms in total. The Kier molecular flexibility index (Phi) is 4.12. The number of piperidine rings is 2. The molecular formula is C18H22ClN5O3. The molecule has 27 heavy (non-hydrogen) atoms. The molecular weight excluding hydrogens is 370 g/mol. The van der Waals surface area contributed by atoms with Gasteiger partial charge in [0.2, 0.25) is 5.28 Å². The zero-order valence-electron chi connectivity index (χ0n) is 14.8. The van der Waals surface area contributed by atoms with Gasteiger partial charge in [-0.05, 0) is 48.8 Å². The first-order valence-electron chi connectivity index (χ1n) is 9.37. The highest BCUT2D eigenvalue weighted by Gasteiger charge is 2.41. The summed E-state index contributed by atoms with van der Waals surface area (Å²) < 4.78 is 7.26. The van der Waals surface area contributed by atoms with Crippen LogP contribution in [-0.4, -0.2) is 61.4 Å². The molecule has 2 aromatic heterocycles. The fourth-order valence-corrected chi connectivity index (χ4v) is 4.83. The van der Waals surface area contributed by atoms with Gasteiger partial charge in [0.1, 0.15) is 18.0 Å². The normalized spacial score (nSPS) is 33.4. The van der Waals surface area contributed by atoms with E-state index in [1.54, 1.807) is 6.20 Å². The highest BCUT2D eigenvalue weighted by atomic mass is 35.5. The Labute approximate surface area is 161 Å². The van der Waals surface area contributed by atoms with Crippen LogP contribution in [0.4, 0.5) is 5.82 Å². The number of anilines is 1. The number of aliphatic hydroxyl groups is 2. The topological polar surface area (TPSA) is 96.5 Å². The standard InChI is InChI=1S/C18H22ClN5O3/c1-9-13(8-25)27-17(14(9)26)24-16-12(6-20-24)15(21-18(19)22-16)23-7-10-2-4-11(23)5-3-10/h6,10-11,13-14,17,25-26H,1-5,7-8H2/t10?,11?,13-,14-,17-/m1/s1. The first kappa shape index (κ1) is 17.4. The van der Waals surface area contributed by atoms with Gasteiger partial charge in [-0.15, -0.1) is 0 Å². The summed E-state index contributed by atoms with van der Waals surface area (Å²) in [7, 11) is 0. The van der Waals surface area contributed by atoms with Crippen LogP contribution in [0.25, 0.3) is 11.0 Å². The first-order valence-corrected chi connectivity index (χ1v) is 9.75. The van der Waals surface area contributed by atoms with Crippen molar-refractivity contribution >= 4 is 28.5 Å². The monoisotopic (exact) mass is 391 g/mol. The van der Waals surface area contributed by atoms with Crippen LogP contribution in [0, 0.1) is 5.92 Å². The summed E-state index contributed by atoms with van der Waals surface area (Å²) in [5.41, 5.74) is 0.946. The lowest BCUT2D eigenvalue weighted by Crippen LogP contribution is -2.48. The second-order valence-electron chi connectivity index (χ2n) is 7.69.